The van der Waals surface area contributed by atoms with Gasteiger partial charge in [0.05, 0.1) is 18.5 Å². The summed E-state index contributed by atoms with van der Waals surface area (Å²) in [6.07, 6.45) is 3.94. The summed E-state index contributed by atoms with van der Waals surface area (Å²) in [6, 6.07) is 7.70. The van der Waals surface area contributed by atoms with Crippen LogP contribution in [0.25, 0.3) is 0 Å². The molecule has 0 unspecified atom stereocenters. The molecular weight excluding hydrogens is 314 g/mol. The fourth-order valence-electron chi connectivity index (χ4n) is 2.68. The molecule has 0 aliphatic heterocycles. The molecule has 1 aromatic carbocycles. The van der Waals surface area contributed by atoms with E-state index >= 15 is 0 Å². The van der Waals surface area contributed by atoms with Gasteiger partial charge in [-0.2, -0.15) is 0 Å². The van der Waals surface area contributed by atoms with Crippen LogP contribution in [0.2, 0.25) is 0 Å². The van der Waals surface area contributed by atoms with E-state index in [-0.39, 0.29) is 5.69 Å². The van der Waals surface area contributed by atoms with Crippen molar-refractivity contribution in [3.8, 4) is 5.75 Å². The second kappa shape index (κ2) is 6.96. The lowest BCUT2D eigenvalue weighted by Gasteiger charge is -2.17. The zero-order valence-corrected chi connectivity index (χ0v) is 13.7. The van der Waals surface area contributed by atoms with Gasteiger partial charge in [0.25, 0.3) is 5.24 Å². The molecule has 0 spiro atoms. The lowest BCUT2D eigenvalue weighted by Crippen LogP contribution is -2.15. The van der Waals surface area contributed by atoms with Crippen LogP contribution in [0.15, 0.2) is 24.3 Å². The van der Waals surface area contributed by atoms with E-state index in [1.165, 1.54) is 0 Å². The number of halogens is 1. The van der Waals surface area contributed by atoms with Crippen molar-refractivity contribution in [2.24, 2.45) is 0 Å². The molecule has 0 saturated carbocycles. The van der Waals surface area contributed by atoms with Gasteiger partial charge in [0, 0.05) is 6.54 Å². The summed E-state index contributed by atoms with van der Waals surface area (Å²) >= 11 is 5.67. The third-order valence-corrected chi connectivity index (χ3v) is 4.11. The number of aromatic nitrogens is 2. The van der Waals surface area contributed by atoms with Gasteiger partial charge in [-0.15, -0.1) is 0 Å². The van der Waals surface area contributed by atoms with Crippen LogP contribution in [-0.2, 0) is 19.4 Å². The molecule has 1 aliphatic carbocycles. The highest BCUT2D eigenvalue weighted by molar-refractivity contribution is 6.67. The second-order valence-corrected chi connectivity index (χ2v) is 5.84. The third kappa shape index (κ3) is 3.62. The van der Waals surface area contributed by atoms with Gasteiger partial charge in [0.1, 0.15) is 5.75 Å². The average molecular weight is 332 g/mol. The smallest absolute Gasteiger partial charge is 0.274 e. The highest BCUT2D eigenvalue weighted by Crippen LogP contribution is 2.23. The molecule has 2 aromatic rings. The van der Waals surface area contributed by atoms with Crippen molar-refractivity contribution in [3.63, 3.8) is 0 Å². The Morgan fingerprint density at radius 1 is 1.17 bits per heavy atom. The van der Waals surface area contributed by atoms with E-state index in [0.717, 1.165) is 48.4 Å². The number of nitrogens with zero attached hydrogens (tertiary/aromatic N) is 2. The summed E-state index contributed by atoms with van der Waals surface area (Å²) in [5.41, 5.74) is 3.13. The van der Waals surface area contributed by atoms with Crippen molar-refractivity contribution in [3.05, 3.63) is 46.9 Å². The lowest BCUT2D eigenvalue weighted by molar-refractivity contribution is 0.107. The van der Waals surface area contributed by atoms with Crippen LogP contribution >= 0.6 is 11.6 Å². The largest absolute Gasteiger partial charge is 0.497 e. The van der Waals surface area contributed by atoms with E-state index < -0.39 is 5.24 Å². The number of carbonyl (C=O) groups excluding carboxylic acids is 1. The molecule has 0 amide bonds. The Hall–Kier alpha value is -2.14. The monoisotopic (exact) mass is 331 g/mol. The van der Waals surface area contributed by atoms with Crippen molar-refractivity contribution in [2.45, 2.75) is 32.2 Å². The fraction of sp³-hybridized carbons (Fsp3) is 0.353. The number of ether oxygens (including phenoxy) is 1. The maximum absolute atomic E-state index is 11.7. The molecule has 0 atom stereocenters. The fourth-order valence-corrected chi connectivity index (χ4v) is 2.81. The lowest BCUT2D eigenvalue weighted by atomic mass is 10.0. The van der Waals surface area contributed by atoms with Crippen LogP contribution in [-0.4, -0.2) is 22.3 Å². The third-order valence-electron chi connectivity index (χ3n) is 3.93. The zero-order chi connectivity index (χ0) is 16.2. The van der Waals surface area contributed by atoms with Crippen LogP contribution in [0.5, 0.6) is 5.75 Å². The summed E-state index contributed by atoms with van der Waals surface area (Å²) in [5, 5.41) is 2.60. The van der Waals surface area contributed by atoms with Crippen molar-refractivity contribution in [2.75, 3.05) is 12.4 Å². The Bertz CT molecular complexity index is 717. The molecule has 0 fully saturated rings. The van der Waals surface area contributed by atoms with Crippen LogP contribution in [0, 0.1) is 0 Å². The molecule has 3 rings (SSSR count). The Labute approximate surface area is 140 Å². The van der Waals surface area contributed by atoms with Crippen LogP contribution in [0.1, 0.15) is 40.3 Å². The van der Waals surface area contributed by atoms with Crippen molar-refractivity contribution < 1.29 is 9.53 Å². The maximum Gasteiger partial charge on any atom is 0.274 e. The van der Waals surface area contributed by atoms with Gasteiger partial charge in [-0.25, -0.2) is 9.97 Å². The summed E-state index contributed by atoms with van der Waals surface area (Å²) in [5.74, 6) is 1.26. The minimum atomic E-state index is -0.580. The zero-order valence-electron chi connectivity index (χ0n) is 12.9. The SMILES string of the molecule is COc1ccc(CNc2nc3c(nc2C(=O)Cl)CCCC3)cc1. The maximum atomic E-state index is 11.7. The predicted octanol–water partition coefficient (Wildman–Crippen LogP) is 3.36. The van der Waals surface area contributed by atoms with Crippen LogP contribution in [0.3, 0.4) is 0 Å². The molecule has 1 N–H and O–H groups in total. The summed E-state index contributed by atoms with van der Waals surface area (Å²) in [4.78, 5) is 20.7. The van der Waals surface area contributed by atoms with Crippen molar-refractivity contribution in [1.29, 1.82) is 0 Å². The topological polar surface area (TPSA) is 64.1 Å². The molecule has 1 aliphatic rings. The van der Waals surface area contributed by atoms with Crippen LogP contribution < -0.4 is 10.1 Å². The van der Waals surface area contributed by atoms with Gasteiger partial charge in [-0.1, -0.05) is 12.1 Å². The van der Waals surface area contributed by atoms with Gasteiger partial charge >= 0.3 is 0 Å². The quantitative estimate of drug-likeness (QED) is 0.851. The number of anilines is 1. The molecule has 0 radical (unpaired) electrons. The number of fused-ring (bicyclic) bond motifs is 1. The number of benzene rings is 1. The molecule has 0 saturated heterocycles. The average Bonchev–Trinajstić information content (AvgIpc) is 2.59. The highest BCUT2D eigenvalue weighted by Gasteiger charge is 2.19. The highest BCUT2D eigenvalue weighted by atomic mass is 35.5. The number of nitrogens with one attached hydrogen (secondary N) is 1. The van der Waals surface area contributed by atoms with Crippen LogP contribution in [0.4, 0.5) is 5.82 Å². The van der Waals surface area contributed by atoms with E-state index in [1.54, 1.807) is 7.11 Å². The number of aryl methyl sites for hydroxylation is 2. The summed E-state index contributed by atoms with van der Waals surface area (Å²) in [6.45, 7) is 0.536. The van der Waals surface area contributed by atoms with Gasteiger partial charge < -0.3 is 10.1 Å². The Morgan fingerprint density at radius 3 is 2.43 bits per heavy atom. The number of carbonyl (C=O) groups is 1. The minimum absolute atomic E-state index is 0.209. The Morgan fingerprint density at radius 2 is 1.83 bits per heavy atom. The molecule has 1 aromatic heterocycles. The minimum Gasteiger partial charge on any atom is -0.497 e. The van der Waals surface area contributed by atoms with E-state index in [9.17, 15) is 4.79 Å². The first-order chi connectivity index (χ1) is 11.2. The molecular formula is C17H18ClN3O2. The van der Waals surface area contributed by atoms with E-state index in [4.69, 9.17) is 16.3 Å². The molecule has 120 valence electrons. The van der Waals surface area contributed by atoms with Gasteiger partial charge in [-0.3, -0.25) is 4.79 Å². The standard InChI is InChI=1S/C17H18ClN3O2/c1-23-12-8-6-11(7-9-12)10-19-17-15(16(18)22)20-13-4-2-3-5-14(13)21-17/h6-9H,2-5,10H2,1H3,(H,19,21). The van der Waals surface area contributed by atoms with Gasteiger partial charge in [0.2, 0.25) is 0 Å². The van der Waals surface area contributed by atoms with E-state index in [1.807, 2.05) is 24.3 Å². The van der Waals surface area contributed by atoms with Crippen molar-refractivity contribution >= 4 is 22.7 Å². The predicted molar refractivity (Wildman–Crippen MR) is 89.2 cm³/mol. The Balaban J connectivity index is 1.81. The van der Waals surface area contributed by atoms with Gasteiger partial charge in [-0.05, 0) is 55.0 Å². The number of methoxy groups -OCH3 is 1. The first-order valence-electron chi connectivity index (χ1n) is 7.64. The summed E-state index contributed by atoms with van der Waals surface area (Å²) in [7, 11) is 1.63. The number of hydrogen-bond acceptors (Lipinski definition) is 5. The number of hydrogen-bond donors (Lipinski definition) is 1. The second-order valence-electron chi connectivity index (χ2n) is 5.50. The van der Waals surface area contributed by atoms with E-state index in [0.29, 0.717) is 12.4 Å². The number of rotatable bonds is 5. The first-order valence-corrected chi connectivity index (χ1v) is 8.01. The molecule has 1 heterocycles. The normalized spacial score (nSPS) is 13.3. The first kappa shape index (κ1) is 15.7. The Kier molecular flexibility index (Phi) is 4.76. The van der Waals surface area contributed by atoms with E-state index in [2.05, 4.69) is 15.3 Å². The molecule has 5 nitrogen and oxygen atoms in total. The molecule has 0 bridgehead atoms. The molecule has 6 heteroatoms. The summed E-state index contributed by atoms with van der Waals surface area (Å²) < 4.78 is 5.14. The molecule has 23 heavy (non-hydrogen) atoms. The van der Waals surface area contributed by atoms with Crippen molar-refractivity contribution in [1.82, 2.24) is 9.97 Å². The van der Waals surface area contributed by atoms with Gasteiger partial charge in [0.15, 0.2) is 11.5 Å².